The molecule has 0 fully saturated rings. The summed E-state index contributed by atoms with van der Waals surface area (Å²) in [6.45, 7) is 4.79. The zero-order valence-corrected chi connectivity index (χ0v) is 39.8. The fourth-order valence-electron chi connectivity index (χ4n) is 3.51. The molecule has 36 heteroatoms. The van der Waals surface area contributed by atoms with Gasteiger partial charge in [0.15, 0.2) is 34.9 Å². The Morgan fingerprint density at radius 1 is 0.348 bits per heavy atom. The number of carbonyl (C=O) groups excluding carboxylic acids is 3. The van der Waals surface area contributed by atoms with Crippen molar-refractivity contribution >= 4 is 17.9 Å². The molecule has 0 aliphatic carbocycles. The fraction of sp³-hybridized carbons (Fsp3) is 0.100. The van der Waals surface area contributed by atoms with E-state index in [1.165, 1.54) is 55.8 Å². The first-order valence-electron chi connectivity index (χ1n) is 13.5. The van der Waals surface area contributed by atoms with E-state index >= 15 is 0 Å². The van der Waals surface area contributed by atoms with Gasteiger partial charge < -0.3 is 133 Å². The Labute approximate surface area is 422 Å². The minimum atomic E-state index is -1.34. The molecule has 6 aromatic rings. The van der Waals surface area contributed by atoms with E-state index in [1.807, 2.05) is 0 Å². The van der Waals surface area contributed by atoms with E-state index in [1.54, 1.807) is 39.0 Å². The number of aromatic carboxylic acids is 3. The zero-order chi connectivity index (χ0) is 34.6. The summed E-state index contributed by atoms with van der Waals surface area (Å²) in [5.74, 6) is -2.65. The molecule has 6 rings (SSSR count). The molecule has 0 saturated carbocycles. The summed E-state index contributed by atoms with van der Waals surface area (Å²) in [5, 5.41) is 32.3. The zero-order valence-electron chi connectivity index (χ0n) is 34.0. The molecule has 0 saturated heterocycles. The van der Waals surface area contributed by atoms with Gasteiger partial charge in [0, 0.05) is 55.8 Å². The summed E-state index contributed by atoms with van der Waals surface area (Å²) in [5.41, 5.74) is 0.909. The van der Waals surface area contributed by atoms with Crippen molar-refractivity contribution in [1.82, 2.24) is 59.8 Å². The summed E-state index contributed by atoms with van der Waals surface area (Å²) < 4.78 is 0. The first-order chi connectivity index (χ1) is 23.0. The van der Waals surface area contributed by atoms with Crippen LogP contribution in [0.25, 0.3) is 34.9 Å². The third kappa shape index (κ3) is 29.4. The monoisotopic (exact) mass is 1140 g/mol. The molecule has 0 atom stereocenters. The molecular weight excluding hydrogens is 1090 g/mol. The number of hydrogen-bond acceptors (Lipinski definition) is 18. The summed E-state index contributed by atoms with van der Waals surface area (Å²) in [4.78, 5) is 79.3. The molecule has 0 bridgehead atoms. The number of carboxylic acids is 3. The molecule has 375 valence electrons. The van der Waals surface area contributed by atoms with Gasteiger partial charge in [-0.2, -0.15) is 0 Å². The van der Waals surface area contributed by atoms with Crippen molar-refractivity contribution in [2.24, 2.45) is 0 Å². The third-order valence-corrected chi connectivity index (χ3v) is 5.79. The van der Waals surface area contributed by atoms with Gasteiger partial charge in [0.25, 0.3) is 0 Å². The number of carbonyl (C=O) groups is 3. The van der Waals surface area contributed by atoms with Gasteiger partial charge in [0.1, 0.15) is 0 Å². The van der Waals surface area contributed by atoms with Gasteiger partial charge in [-0.05, 0) is 55.7 Å². The van der Waals surface area contributed by atoms with Crippen LogP contribution in [-0.2, 0) is 84.1 Å². The van der Waals surface area contributed by atoms with Crippen molar-refractivity contribution in [1.29, 1.82) is 0 Å². The Morgan fingerprint density at radius 3 is 0.667 bits per heavy atom. The number of carboxylic acid groups (broad SMARTS) is 3. The summed E-state index contributed by atoms with van der Waals surface area (Å²) >= 11 is 0. The first kappa shape index (κ1) is 104. The van der Waals surface area contributed by atoms with Crippen LogP contribution in [0, 0.1) is 20.8 Å². The third-order valence-electron chi connectivity index (χ3n) is 5.79. The molecule has 0 aromatic carbocycles. The number of aryl methyl sites for hydroxylation is 3. The number of hydrogen-bond donors (Lipinski definition) is 0. The molecule has 0 amide bonds. The van der Waals surface area contributed by atoms with Crippen molar-refractivity contribution < 1.29 is 184 Å². The number of rotatable bonds is 6. The second-order valence-electron chi connectivity index (χ2n) is 9.26. The van der Waals surface area contributed by atoms with E-state index in [2.05, 4.69) is 59.8 Å². The van der Waals surface area contributed by atoms with Crippen molar-refractivity contribution in [2.45, 2.75) is 20.8 Å². The van der Waals surface area contributed by atoms with Gasteiger partial charge >= 0.3 is 51.2 Å². The molecule has 0 spiro atoms. The van der Waals surface area contributed by atoms with E-state index in [4.69, 9.17) is 0 Å². The molecule has 6 heterocycles. The Morgan fingerprint density at radius 2 is 0.515 bits per heavy atom. The van der Waals surface area contributed by atoms with Crippen LogP contribution in [0.4, 0.5) is 0 Å². The minimum Gasteiger partial charge on any atom is -1.00 e. The van der Waals surface area contributed by atoms with Crippen LogP contribution in [0.15, 0.2) is 74.0 Å². The Kier molecular flexibility index (Phi) is 79.8. The van der Waals surface area contributed by atoms with Crippen molar-refractivity contribution in [3.05, 3.63) is 108 Å². The number of nitrogens with zero attached hydrogens (tertiary/aromatic N) is 12. The standard InChI is InChI=1S/3C10H8N4O2.3ClH.3Mn.12H2O/c3*1-6-5-13-9(14-7(6)10(15)16)8-11-3-2-4-12-8;;;;;;;;;;;;;;;;;;/h3*2-5H,1H3,(H,15,16);3*1H;;;;12*1H2/q;;;;;;3*+2;;;;;;;;;;;;. The van der Waals surface area contributed by atoms with Crippen molar-refractivity contribution in [2.75, 3.05) is 0 Å². The normalized spacial score (nSPS) is 7.32. The topological polar surface area (TPSA) is 662 Å². The summed E-state index contributed by atoms with van der Waals surface area (Å²) in [6.07, 6.45) is 13.4. The molecule has 30 N–H and O–H groups in total. The van der Waals surface area contributed by atoms with Gasteiger partial charge in [-0.15, -0.1) is 0 Å². The van der Waals surface area contributed by atoms with Crippen LogP contribution in [0.5, 0.6) is 0 Å². The second-order valence-corrected chi connectivity index (χ2v) is 9.26. The van der Waals surface area contributed by atoms with E-state index in [0.717, 1.165) is 0 Å². The number of aromatic nitrogens is 12. The summed E-state index contributed by atoms with van der Waals surface area (Å²) in [6, 6.07) is 4.95. The molecule has 3 radical (unpaired) electrons. The van der Waals surface area contributed by atoms with E-state index in [9.17, 15) is 29.7 Å². The quantitative estimate of drug-likeness (QED) is 0.110. The van der Waals surface area contributed by atoms with Crippen LogP contribution in [0.3, 0.4) is 0 Å². The molecule has 30 nitrogen and oxygen atoms in total. The Balaban J connectivity index is -0.0000000400. The van der Waals surface area contributed by atoms with Crippen LogP contribution in [0.2, 0.25) is 0 Å². The average Bonchev–Trinajstić information content (AvgIpc) is 3.10. The molecule has 0 aliphatic rings. The van der Waals surface area contributed by atoms with Crippen LogP contribution >= 0.6 is 0 Å². The van der Waals surface area contributed by atoms with E-state index in [0.29, 0.717) is 16.7 Å². The largest absolute Gasteiger partial charge is 2.00 e. The van der Waals surface area contributed by atoms with Crippen molar-refractivity contribution in [3.63, 3.8) is 0 Å². The molecule has 6 aromatic heterocycles. The Hall–Kier alpha value is -5.16. The van der Waals surface area contributed by atoms with Gasteiger partial charge in [-0.3, -0.25) is 0 Å². The van der Waals surface area contributed by atoms with Crippen LogP contribution in [-0.4, -0.2) is 111 Å². The Bertz CT molecular complexity index is 1880. The van der Waals surface area contributed by atoms with Crippen molar-refractivity contribution in [3.8, 4) is 34.9 Å². The van der Waals surface area contributed by atoms with Gasteiger partial charge in [-0.1, -0.05) is 0 Å². The van der Waals surface area contributed by atoms with E-state index in [-0.39, 0.29) is 206 Å². The SMILES string of the molecule is Cc1cnc(-c2ncccn2)nc1C(=O)[O-].Cc1cnc(-c2ncccn2)nc1C(=O)[O-].Cc1cnc(-c2ncccn2)nc1C(=O)[O-].O.O.O.O.O.O.[Cl-].[Cl-].[Cl-].[Mn+2].[Mn+2].[Mn+2].[OH3+].[OH3+].[OH3+].[OH3+].[OH3+].[OH3+]. The smallest absolute Gasteiger partial charge is 1.00 e. The summed E-state index contributed by atoms with van der Waals surface area (Å²) in [7, 11) is 0. The predicted molar refractivity (Wildman–Crippen MR) is 207 cm³/mol. The van der Waals surface area contributed by atoms with Gasteiger partial charge in [0.2, 0.25) is 0 Å². The molecule has 0 aliphatic heterocycles. The molecular formula is C30H51Cl3Mn3N12O18+6. The molecule has 0 unspecified atom stereocenters. The fourth-order valence-corrected chi connectivity index (χ4v) is 3.51. The average molecular weight is 1140 g/mol. The van der Waals surface area contributed by atoms with Gasteiger partial charge in [-0.25, -0.2) is 59.8 Å². The molecule has 66 heavy (non-hydrogen) atoms. The minimum absolute atomic E-state index is 0. The first-order valence-corrected chi connectivity index (χ1v) is 13.5. The predicted octanol–water partition coefficient (Wildman–Crippen LogP) is -20.7. The maximum absolute atomic E-state index is 10.8. The van der Waals surface area contributed by atoms with Crippen LogP contribution < -0.4 is 52.5 Å². The second kappa shape index (κ2) is 50.8. The maximum Gasteiger partial charge on any atom is 2.00 e. The van der Waals surface area contributed by atoms with Gasteiger partial charge in [0.05, 0.1) is 35.0 Å². The number of halogens is 3. The van der Waals surface area contributed by atoms with Crippen LogP contribution in [0.1, 0.15) is 48.2 Å². The maximum atomic E-state index is 10.8. The van der Waals surface area contributed by atoms with E-state index < -0.39 is 17.9 Å².